The Balaban J connectivity index is 2.33. The van der Waals surface area contributed by atoms with Gasteiger partial charge in [0, 0.05) is 12.4 Å². The summed E-state index contributed by atoms with van der Waals surface area (Å²) < 4.78 is 0. The lowest BCUT2D eigenvalue weighted by atomic mass is 9.90. The van der Waals surface area contributed by atoms with E-state index in [0.717, 1.165) is 12.8 Å². The lowest BCUT2D eigenvalue weighted by molar-refractivity contribution is 1.04. The highest BCUT2D eigenvalue weighted by Gasteiger charge is 2.09. The van der Waals surface area contributed by atoms with Crippen molar-refractivity contribution in [2.24, 2.45) is 0 Å². The molecule has 0 atom stereocenters. The van der Waals surface area contributed by atoms with Crippen LogP contribution in [0, 0.1) is 0 Å². The standard InChI is InChI=1S/C13H15N/c1-10-5-6-13(11(2)8-10)12-4-3-7-14-9-12/h3-5,7,9H,6,8H2,1-2H3. The third-order valence-electron chi connectivity index (χ3n) is 2.72. The summed E-state index contributed by atoms with van der Waals surface area (Å²) in [5.41, 5.74) is 5.69. The van der Waals surface area contributed by atoms with E-state index in [4.69, 9.17) is 0 Å². The molecule has 0 aromatic carbocycles. The van der Waals surface area contributed by atoms with E-state index in [1.54, 1.807) is 0 Å². The average Bonchev–Trinajstić information content (AvgIpc) is 2.19. The third kappa shape index (κ3) is 1.77. The van der Waals surface area contributed by atoms with Gasteiger partial charge in [-0.1, -0.05) is 23.3 Å². The summed E-state index contributed by atoms with van der Waals surface area (Å²) >= 11 is 0. The summed E-state index contributed by atoms with van der Waals surface area (Å²) in [6.45, 7) is 4.42. The van der Waals surface area contributed by atoms with Crippen LogP contribution >= 0.6 is 0 Å². The van der Waals surface area contributed by atoms with Crippen molar-refractivity contribution < 1.29 is 0 Å². The highest BCUT2D eigenvalue weighted by molar-refractivity contribution is 5.70. The fourth-order valence-corrected chi connectivity index (χ4v) is 1.95. The molecule has 14 heavy (non-hydrogen) atoms. The molecule has 72 valence electrons. The zero-order valence-electron chi connectivity index (χ0n) is 8.75. The van der Waals surface area contributed by atoms with E-state index in [9.17, 15) is 0 Å². The first-order valence-electron chi connectivity index (χ1n) is 5.02. The smallest absolute Gasteiger partial charge is 0.0343 e. The maximum atomic E-state index is 4.16. The van der Waals surface area contributed by atoms with E-state index >= 15 is 0 Å². The van der Waals surface area contributed by atoms with E-state index in [1.165, 1.54) is 22.3 Å². The van der Waals surface area contributed by atoms with Gasteiger partial charge in [0.15, 0.2) is 0 Å². The number of rotatable bonds is 1. The molecule has 1 aliphatic carbocycles. The van der Waals surface area contributed by atoms with Crippen LogP contribution < -0.4 is 0 Å². The van der Waals surface area contributed by atoms with Crippen molar-refractivity contribution in [3.8, 4) is 0 Å². The normalized spacial score (nSPS) is 16.9. The van der Waals surface area contributed by atoms with E-state index in [-0.39, 0.29) is 0 Å². The molecule has 0 unspecified atom stereocenters. The summed E-state index contributed by atoms with van der Waals surface area (Å²) in [5.74, 6) is 0. The number of allylic oxidation sites excluding steroid dienone is 4. The highest BCUT2D eigenvalue weighted by atomic mass is 14.6. The van der Waals surface area contributed by atoms with Crippen LogP contribution in [0.4, 0.5) is 0 Å². The minimum atomic E-state index is 1.06. The second-order valence-electron chi connectivity index (χ2n) is 3.93. The summed E-state index contributed by atoms with van der Waals surface area (Å²) in [5, 5.41) is 0. The first-order chi connectivity index (χ1) is 6.77. The topological polar surface area (TPSA) is 12.9 Å². The Morgan fingerprint density at radius 1 is 1.29 bits per heavy atom. The molecule has 0 amide bonds. The van der Waals surface area contributed by atoms with Crippen LogP contribution in [-0.2, 0) is 0 Å². The van der Waals surface area contributed by atoms with Gasteiger partial charge in [-0.2, -0.15) is 0 Å². The number of pyridine rings is 1. The van der Waals surface area contributed by atoms with Gasteiger partial charge < -0.3 is 0 Å². The van der Waals surface area contributed by atoms with Gasteiger partial charge in [0.2, 0.25) is 0 Å². The molecule has 0 aliphatic heterocycles. The third-order valence-corrected chi connectivity index (χ3v) is 2.72. The molecule has 0 saturated carbocycles. The molecular weight excluding hydrogens is 170 g/mol. The SMILES string of the molecule is CC1=CCC(c2cccnc2)=C(C)C1. The Kier molecular flexibility index (Phi) is 2.49. The second kappa shape index (κ2) is 3.79. The van der Waals surface area contributed by atoms with Crippen molar-refractivity contribution in [1.29, 1.82) is 0 Å². The van der Waals surface area contributed by atoms with Gasteiger partial charge in [-0.05, 0) is 43.9 Å². The van der Waals surface area contributed by atoms with Gasteiger partial charge in [-0.15, -0.1) is 0 Å². The van der Waals surface area contributed by atoms with Crippen molar-refractivity contribution in [3.05, 3.63) is 47.3 Å². The van der Waals surface area contributed by atoms with Gasteiger partial charge >= 0.3 is 0 Å². The van der Waals surface area contributed by atoms with Gasteiger partial charge in [-0.3, -0.25) is 4.98 Å². The fourth-order valence-electron chi connectivity index (χ4n) is 1.95. The van der Waals surface area contributed by atoms with Gasteiger partial charge in [0.05, 0.1) is 0 Å². The Morgan fingerprint density at radius 3 is 2.79 bits per heavy atom. The molecule has 0 radical (unpaired) electrons. The van der Waals surface area contributed by atoms with Gasteiger partial charge in [0.25, 0.3) is 0 Å². The molecule has 1 aliphatic rings. The molecule has 1 aromatic heterocycles. The Labute approximate surface area is 85.2 Å². The predicted molar refractivity (Wildman–Crippen MR) is 59.8 cm³/mol. The Hall–Kier alpha value is -1.37. The van der Waals surface area contributed by atoms with Crippen LogP contribution in [0.15, 0.2) is 41.7 Å². The van der Waals surface area contributed by atoms with Crippen molar-refractivity contribution in [2.75, 3.05) is 0 Å². The number of aromatic nitrogens is 1. The molecule has 0 saturated heterocycles. The second-order valence-corrected chi connectivity index (χ2v) is 3.93. The molecular formula is C13H15N. The van der Waals surface area contributed by atoms with Gasteiger partial charge in [0.1, 0.15) is 0 Å². The molecule has 1 heteroatoms. The Morgan fingerprint density at radius 2 is 2.14 bits per heavy atom. The van der Waals surface area contributed by atoms with Crippen LogP contribution in [0.3, 0.4) is 0 Å². The van der Waals surface area contributed by atoms with Crippen molar-refractivity contribution in [3.63, 3.8) is 0 Å². The first-order valence-corrected chi connectivity index (χ1v) is 5.02. The molecule has 0 N–H and O–H groups in total. The average molecular weight is 185 g/mol. The molecule has 1 heterocycles. The van der Waals surface area contributed by atoms with E-state index < -0.39 is 0 Å². The molecule has 0 spiro atoms. The monoisotopic (exact) mass is 185 g/mol. The summed E-state index contributed by atoms with van der Waals surface area (Å²) in [4.78, 5) is 4.16. The van der Waals surface area contributed by atoms with E-state index in [0.29, 0.717) is 0 Å². The maximum absolute atomic E-state index is 4.16. The summed E-state index contributed by atoms with van der Waals surface area (Å²) in [6, 6.07) is 4.14. The zero-order chi connectivity index (χ0) is 9.97. The minimum absolute atomic E-state index is 1.06. The van der Waals surface area contributed by atoms with E-state index in [2.05, 4.69) is 31.0 Å². The number of nitrogens with zero attached hydrogens (tertiary/aromatic N) is 1. The molecule has 0 fully saturated rings. The number of hydrogen-bond acceptors (Lipinski definition) is 1. The van der Waals surface area contributed by atoms with Crippen LogP contribution in [0.2, 0.25) is 0 Å². The van der Waals surface area contributed by atoms with Crippen molar-refractivity contribution in [1.82, 2.24) is 4.98 Å². The fraction of sp³-hybridized carbons (Fsp3) is 0.308. The van der Waals surface area contributed by atoms with Crippen LogP contribution in [0.5, 0.6) is 0 Å². The summed E-state index contributed by atoms with van der Waals surface area (Å²) in [6.07, 6.45) is 8.26. The summed E-state index contributed by atoms with van der Waals surface area (Å²) in [7, 11) is 0. The van der Waals surface area contributed by atoms with E-state index in [1.807, 2.05) is 18.5 Å². The quantitative estimate of drug-likeness (QED) is 0.609. The number of hydrogen-bond donors (Lipinski definition) is 0. The predicted octanol–water partition coefficient (Wildman–Crippen LogP) is 3.60. The molecule has 1 aromatic rings. The van der Waals surface area contributed by atoms with Crippen LogP contribution in [0.25, 0.3) is 5.57 Å². The zero-order valence-corrected chi connectivity index (χ0v) is 8.75. The minimum Gasteiger partial charge on any atom is -0.264 e. The maximum Gasteiger partial charge on any atom is 0.0343 e. The highest BCUT2D eigenvalue weighted by Crippen LogP contribution is 2.30. The van der Waals surface area contributed by atoms with Crippen LogP contribution in [-0.4, -0.2) is 4.98 Å². The lowest BCUT2D eigenvalue weighted by Gasteiger charge is -2.16. The largest absolute Gasteiger partial charge is 0.264 e. The molecule has 2 rings (SSSR count). The van der Waals surface area contributed by atoms with Crippen molar-refractivity contribution >= 4 is 5.57 Å². The van der Waals surface area contributed by atoms with Gasteiger partial charge in [-0.25, -0.2) is 0 Å². The van der Waals surface area contributed by atoms with Crippen LogP contribution in [0.1, 0.15) is 32.3 Å². The molecule has 1 nitrogen and oxygen atoms in total. The Bertz CT molecular complexity index is 385. The van der Waals surface area contributed by atoms with Crippen molar-refractivity contribution in [2.45, 2.75) is 26.7 Å². The molecule has 0 bridgehead atoms. The first kappa shape index (κ1) is 9.20. The lowest BCUT2D eigenvalue weighted by Crippen LogP contribution is -1.96.